The fraction of sp³-hybridized carbons (Fsp3) is 0.154. The van der Waals surface area contributed by atoms with E-state index in [9.17, 15) is 10.2 Å². The second-order valence-electron chi connectivity index (χ2n) is 13.3. The molecule has 0 heterocycles. The van der Waals surface area contributed by atoms with Crippen LogP contribution in [0.4, 0.5) is 0 Å². The van der Waals surface area contributed by atoms with E-state index in [-0.39, 0.29) is 14.9 Å². The van der Waals surface area contributed by atoms with E-state index in [1.165, 1.54) is 78.3 Å². The normalized spacial score (nSPS) is 9.73. The number of benzene rings is 6. The Balaban J connectivity index is 0.000000261. The third-order valence-electron chi connectivity index (χ3n) is 9.49. The molecule has 0 aliphatic carbocycles. The van der Waals surface area contributed by atoms with E-state index in [1.807, 2.05) is 64.1 Å². The SMILES string of the molecule is CCc1cc2c(-c3ccccc3)cccc2[cH-]1.CCc1cc2c(-c3ccccc3)cccc2[cH-]1.Cc1cccc(C)c1O.Cc1cccc(C)c1O.[CH3-].[CH3-].[Si]=[Zr]. The first kappa shape index (κ1) is 47.4. The third-order valence-corrected chi connectivity index (χ3v) is 9.49. The van der Waals surface area contributed by atoms with Gasteiger partial charge in [0.2, 0.25) is 0 Å². The summed E-state index contributed by atoms with van der Waals surface area (Å²) in [6, 6.07) is 54.9. The summed E-state index contributed by atoms with van der Waals surface area (Å²) in [4.78, 5) is 0. The van der Waals surface area contributed by atoms with Gasteiger partial charge in [0.15, 0.2) is 0 Å². The number of rotatable bonds is 4. The summed E-state index contributed by atoms with van der Waals surface area (Å²) in [6.07, 6.45) is 2.20. The fourth-order valence-electron chi connectivity index (χ4n) is 6.35. The molecule has 0 aliphatic rings. The molecule has 2 radical (unpaired) electrons. The first-order valence-electron chi connectivity index (χ1n) is 18.4. The average Bonchev–Trinajstić information content (AvgIpc) is 3.86. The molecule has 2 N–H and O–H groups in total. The van der Waals surface area contributed by atoms with Gasteiger partial charge in [0, 0.05) is 0 Å². The summed E-state index contributed by atoms with van der Waals surface area (Å²) in [5.74, 6) is 0.829. The van der Waals surface area contributed by atoms with Gasteiger partial charge in [0.05, 0.1) is 0 Å². The minimum absolute atomic E-state index is 0. The van der Waals surface area contributed by atoms with E-state index >= 15 is 0 Å². The number of hydrogen-bond donors (Lipinski definition) is 2. The van der Waals surface area contributed by atoms with Gasteiger partial charge in [-0.05, 0) is 73.9 Å². The predicted octanol–water partition coefficient (Wildman–Crippen LogP) is 14.1. The van der Waals surface area contributed by atoms with Gasteiger partial charge < -0.3 is 25.1 Å². The van der Waals surface area contributed by atoms with Crippen LogP contribution < -0.4 is 0 Å². The van der Waals surface area contributed by atoms with Crippen molar-refractivity contribution in [3.05, 3.63) is 206 Å². The molecule has 0 saturated heterocycles. The number of para-hydroxylation sites is 2. The van der Waals surface area contributed by atoms with Gasteiger partial charge in [0.1, 0.15) is 11.5 Å². The zero-order valence-electron chi connectivity index (χ0n) is 34.3. The molecule has 8 aromatic rings. The number of phenolic OH excluding ortho intramolecular Hbond substituents is 2. The molecule has 8 rings (SSSR count). The maximum absolute atomic E-state index is 9.21. The molecule has 0 fully saturated rings. The maximum atomic E-state index is 9.21. The number of phenols is 2. The first-order chi connectivity index (χ1) is 26.2. The van der Waals surface area contributed by atoms with E-state index in [2.05, 4.69) is 142 Å². The monoisotopic (exact) mass is 830 g/mol. The van der Waals surface area contributed by atoms with E-state index in [0.717, 1.165) is 35.1 Å². The van der Waals surface area contributed by atoms with Crippen molar-refractivity contribution in [2.45, 2.75) is 54.4 Å². The molecule has 0 aromatic heterocycles. The topological polar surface area (TPSA) is 40.5 Å². The molecule has 8 aromatic carbocycles. The van der Waals surface area contributed by atoms with Crippen molar-refractivity contribution in [2.24, 2.45) is 0 Å². The Morgan fingerprint density at radius 2 is 0.750 bits per heavy atom. The number of aryl methyl sites for hydroxylation is 6. The first-order valence-corrected chi connectivity index (χ1v) is 22.6. The molecule has 0 spiro atoms. The van der Waals surface area contributed by atoms with Crippen molar-refractivity contribution in [2.75, 3.05) is 0 Å². The third kappa shape index (κ3) is 12.6. The number of fused-ring (bicyclic) bond motifs is 2. The van der Waals surface area contributed by atoms with Crippen LogP contribution in [0, 0.1) is 42.5 Å². The van der Waals surface area contributed by atoms with Crippen LogP contribution in [0.25, 0.3) is 43.8 Å². The van der Waals surface area contributed by atoms with Crippen molar-refractivity contribution in [3.63, 3.8) is 0 Å². The van der Waals surface area contributed by atoms with Gasteiger partial charge >= 0.3 is 30.2 Å². The van der Waals surface area contributed by atoms with Crippen LogP contribution in [-0.2, 0) is 36.2 Å². The van der Waals surface area contributed by atoms with Crippen LogP contribution in [0.1, 0.15) is 47.2 Å². The van der Waals surface area contributed by atoms with Gasteiger partial charge in [-0.2, -0.15) is 12.1 Å². The molecule has 0 aliphatic heterocycles. The van der Waals surface area contributed by atoms with Gasteiger partial charge in [-0.3, -0.25) is 0 Å². The van der Waals surface area contributed by atoms with Crippen molar-refractivity contribution < 1.29 is 33.5 Å². The van der Waals surface area contributed by atoms with Crippen molar-refractivity contribution in [1.82, 2.24) is 0 Å². The molecule has 0 amide bonds. The molecule has 0 saturated carbocycles. The second-order valence-corrected chi connectivity index (χ2v) is 13.3. The molecule has 0 bridgehead atoms. The van der Waals surface area contributed by atoms with Gasteiger partial charge in [-0.15, -0.1) is 69.1 Å². The molecule has 0 atom stereocenters. The van der Waals surface area contributed by atoms with E-state index in [1.54, 1.807) is 0 Å². The van der Waals surface area contributed by atoms with Crippen LogP contribution in [-0.4, -0.2) is 17.1 Å². The second kappa shape index (κ2) is 24.0. The van der Waals surface area contributed by atoms with Crippen LogP contribution in [0.5, 0.6) is 11.5 Å². The number of aromatic hydroxyl groups is 2. The summed E-state index contributed by atoms with van der Waals surface area (Å²) >= 11 is 1.36. The molecule has 4 heteroatoms. The minimum atomic E-state index is 0. The van der Waals surface area contributed by atoms with Gasteiger partial charge in [0.25, 0.3) is 0 Å². The number of hydrogen-bond acceptors (Lipinski definition) is 2. The summed E-state index contributed by atoms with van der Waals surface area (Å²) in [5, 5.41) is 23.9. The van der Waals surface area contributed by atoms with Crippen molar-refractivity contribution in [1.29, 1.82) is 0 Å². The van der Waals surface area contributed by atoms with Gasteiger partial charge in [-0.1, -0.05) is 134 Å². The Kier molecular flexibility index (Phi) is 20.3. The molecule has 0 unspecified atom stereocenters. The Bertz CT molecular complexity index is 2150. The van der Waals surface area contributed by atoms with E-state index < -0.39 is 0 Å². The molecule has 56 heavy (non-hydrogen) atoms. The van der Waals surface area contributed by atoms with Crippen LogP contribution in [0.2, 0.25) is 0 Å². The quantitative estimate of drug-likeness (QED) is 0.137. The molecule has 2 nitrogen and oxygen atoms in total. The van der Waals surface area contributed by atoms with Crippen LogP contribution >= 0.6 is 0 Å². The molecule has 288 valence electrons. The van der Waals surface area contributed by atoms with Crippen molar-refractivity contribution in [3.8, 4) is 33.8 Å². The summed E-state index contributed by atoms with van der Waals surface area (Å²) in [7, 11) is 0. The fourth-order valence-corrected chi connectivity index (χ4v) is 6.35. The summed E-state index contributed by atoms with van der Waals surface area (Å²) in [5.41, 5.74) is 11.9. The van der Waals surface area contributed by atoms with Crippen molar-refractivity contribution >= 4 is 28.4 Å². The summed E-state index contributed by atoms with van der Waals surface area (Å²) in [6.45, 7) is 15.0. The Morgan fingerprint density at radius 3 is 1.04 bits per heavy atom. The van der Waals surface area contributed by atoms with Crippen LogP contribution in [0.15, 0.2) is 158 Å². The Morgan fingerprint density at radius 1 is 0.446 bits per heavy atom. The van der Waals surface area contributed by atoms with E-state index in [4.69, 9.17) is 0 Å². The average molecular weight is 832 g/mol. The molecular formula is C52H56O2SiZr-4. The Labute approximate surface area is 353 Å². The van der Waals surface area contributed by atoms with E-state index in [0.29, 0.717) is 11.5 Å². The zero-order chi connectivity index (χ0) is 39.0. The Hall–Kier alpha value is -4.76. The summed E-state index contributed by atoms with van der Waals surface area (Å²) < 4.78 is 0. The molecular weight excluding hydrogens is 776 g/mol. The van der Waals surface area contributed by atoms with Gasteiger partial charge in [-0.25, -0.2) is 0 Å². The zero-order valence-corrected chi connectivity index (χ0v) is 37.8. The predicted molar refractivity (Wildman–Crippen MR) is 242 cm³/mol. The standard InChI is InChI=1S/2C17H15.2C8H10O.2CH3.Si.Zr/c2*1-2-13-11-15-9-6-10-16(17(15)12-13)14-7-4-3-5-8-14;2*1-6-4-3-5-7(2)8(6)9;;;;/h2*3-12H,2H2,1H3;2*3-5,9H,1-2H3;2*1H3;;/q2*-1;;;2*-1;;. The van der Waals surface area contributed by atoms with Crippen LogP contribution in [0.3, 0.4) is 0 Å².